The molecule has 2 aliphatic heterocycles. The minimum absolute atomic E-state index is 0.157. The van der Waals surface area contributed by atoms with Gasteiger partial charge in [-0.2, -0.15) is 0 Å². The fourth-order valence-electron chi connectivity index (χ4n) is 3.02. The molecule has 1 aromatic rings. The van der Waals surface area contributed by atoms with E-state index in [9.17, 15) is 14.4 Å². The lowest BCUT2D eigenvalue weighted by atomic mass is 10.0. The minimum atomic E-state index is -0.790. The number of thioether (sulfide) groups is 1. The number of nitrogens with one attached hydrogen (secondary N) is 1. The third-order valence-corrected chi connectivity index (χ3v) is 5.56. The number of allylic oxidation sites excluding steroid dienone is 1. The second-order valence-electron chi connectivity index (χ2n) is 6.31. The van der Waals surface area contributed by atoms with Crippen molar-refractivity contribution in [2.75, 3.05) is 5.75 Å². The molecule has 1 aromatic carbocycles. The zero-order valence-corrected chi connectivity index (χ0v) is 15.7. The number of β-lactam (4-membered cyclic amide) rings is 1. The lowest BCUT2D eigenvalue weighted by Crippen LogP contribution is -2.70. The summed E-state index contributed by atoms with van der Waals surface area (Å²) in [5.74, 6) is -0.748. The van der Waals surface area contributed by atoms with E-state index in [4.69, 9.17) is 10.5 Å². The Balaban J connectivity index is 1.71. The molecule has 0 radical (unpaired) electrons. The highest BCUT2D eigenvalue weighted by molar-refractivity contribution is 8.00. The molecule has 27 heavy (non-hydrogen) atoms. The Morgan fingerprint density at radius 1 is 1.44 bits per heavy atom. The normalized spacial score (nSPS) is 22.4. The Labute approximate surface area is 161 Å². The van der Waals surface area contributed by atoms with Gasteiger partial charge in [0.1, 0.15) is 23.3 Å². The molecule has 2 heterocycles. The summed E-state index contributed by atoms with van der Waals surface area (Å²) in [5.41, 5.74) is 7.17. The van der Waals surface area contributed by atoms with Gasteiger partial charge in [0.2, 0.25) is 5.91 Å². The van der Waals surface area contributed by atoms with E-state index in [1.54, 1.807) is 0 Å². The van der Waals surface area contributed by atoms with Crippen LogP contribution >= 0.6 is 11.8 Å². The molecule has 2 unspecified atom stereocenters. The van der Waals surface area contributed by atoms with Gasteiger partial charge >= 0.3 is 5.97 Å². The second kappa shape index (κ2) is 7.98. The fraction of sp³-hybridized carbons (Fsp3) is 0.316. The monoisotopic (exact) mass is 387 g/mol. The van der Waals surface area contributed by atoms with Crippen LogP contribution in [0.1, 0.15) is 12.5 Å². The second-order valence-corrected chi connectivity index (χ2v) is 7.41. The molecule has 3 rings (SSSR count). The first kappa shape index (κ1) is 19.2. The number of carbonyl (C=O) groups is 3. The summed E-state index contributed by atoms with van der Waals surface area (Å²) in [6.07, 6.45) is 0.937. The average molecular weight is 387 g/mol. The van der Waals surface area contributed by atoms with E-state index < -0.39 is 18.2 Å². The van der Waals surface area contributed by atoms with Gasteiger partial charge in [0.15, 0.2) is 0 Å². The molecule has 142 valence electrons. The standard InChI is InChI=1S/C19H21N3O4S/c1-3-13-10-27-18-15(21-14(23)9-12-7-5-4-6-8-12)17(24)22(18)16(13)19(25)26-11(2)20/h3-8,11,15,18H,1,9-10,20H2,2H3,(H,21,23)/t11?,15?,18-/m1/s1. The number of amides is 2. The Kier molecular flexibility index (Phi) is 5.67. The molecule has 0 aliphatic carbocycles. The van der Waals surface area contributed by atoms with Gasteiger partial charge in [0.05, 0.1) is 6.42 Å². The van der Waals surface area contributed by atoms with E-state index in [-0.39, 0.29) is 29.3 Å². The highest BCUT2D eigenvalue weighted by atomic mass is 32.2. The van der Waals surface area contributed by atoms with E-state index in [1.165, 1.54) is 29.7 Å². The molecule has 1 fully saturated rings. The largest absolute Gasteiger partial charge is 0.442 e. The number of ether oxygens (including phenoxy) is 1. The van der Waals surface area contributed by atoms with Crippen LogP contribution in [0, 0.1) is 0 Å². The molecule has 0 saturated carbocycles. The predicted molar refractivity (Wildman–Crippen MR) is 102 cm³/mol. The average Bonchev–Trinajstić information content (AvgIpc) is 2.65. The van der Waals surface area contributed by atoms with Crippen molar-refractivity contribution in [2.24, 2.45) is 5.73 Å². The summed E-state index contributed by atoms with van der Waals surface area (Å²) in [6.45, 7) is 5.23. The van der Waals surface area contributed by atoms with Gasteiger partial charge in [-0.3, -0.25) is 20.2 Å². The number of benzene rings is 1. The molecule has 3 atom stereocenters. The van der Waals surface area contributed by atoms with Crippen LogP contribution in [0.3, 0.4) is 0 Å². The molecular weight excluding hydrogens is 366 g/mol. The Bertz CT molecular complexity index is 806. The third-order valence-electron chi connectivity index (χ3n) is 4.25. The van der Waals surface area contributed by atoms with Crippen LogP contribution in [0.15, 0.2) is 54.3 Å². The van der Waals surface area contributed by atoms with Crippen LogP contribution in [0.5, 0.6) is 0 Å². The summed E-state index contributed by atoms with van der Waals surface area (Å²) in [4.78, 5) is 38.7. The number of rotatable bonds is 6. The predicted octanol–water partition coefficient (Wildman–Crippen LogP) is 0.917. The van der Waals surface area contributed by atoms with Crippen molar-refractivity contribution in [1.82, 2.24) is 10.2 Å². The van der Waals surface area contributed by atoms with Gasteiger partial charge in [-0.25, -0.2) is 4.79 Å². The molecule has 7 nitrogen and oxygen atoms in total. The molecule has 8 heteroatoms. The number of hydrogen-bond acceptors (Lipinski definition) is 6. The summed E-state index contributed by atoms with van der Waals surface area (Å²) in [7, 11) is 0. The molecule has 3 N–H and O–H groups in total. The molecule has 2 amide bonds. The van der Waals surface area contributed by atoms with Gasteiger partial charge in [0, 0.05) is 5.75 Å². The van der Waals surface area contributed by atoms with Crippen LogP contribution in [-0.2, 0) is 25.5 Å². The minimum Gasteiger partial charge on any atom is -0.442 e. The van der Waals surface area contributed by atoms with E-state index in [2.05, 4.69) is 11.9 Å². The summed E-state index contributed by atoms with van der Waals surface area (Å²) in [6, 6.07) is 8.62. The number of fused-ring (bicyclic) bond motifs is 1. The number of nitrogens with two attached hydrogens (primary N) is 1. The molecule has 0 aromatic heterocycles. The quantitative estimate of drug-likeness (QED) is 0.428. The van der Waals surface area contributed by atoms with E-state index in [0.29, 0.717) is 11.3 Å². The van der Waals surface area contributed by atoms with Gasteiger partial charge < -0.3 is 10.1 Å². The van der Waals surface area contributed by atoms with Gasteiger partial charge in [-0.15, -0.1) is 11.8 Å². The van der Waals surface area contributed by atoms with Crippen LogP contribution in [-0.4, -0.2) is 46.1 Å². The highest BCUT2D eigenvalue weighted by Gasteiger charge is 2.54. The maximum atomic E-state index is 12.6. The Hall–Kier alpha value is -2.58. The molecule has 1 saturated heterocycles. The maximum Gasteiger partial charge on any atom is 0.356 e. The van der Waals surface area contributed by atoms with Crippen molar-refractivity contribution in [3.05, 3.63) is 59.8 Å². The number of hydrogen-bond donors (Lipinski definition) is 2. The highest BCUT2D eigenvalue weighted by Crippen LogP contribution is 2.40. The van der Waals surface area contributed by atoms with Crippen LogP contribution < -0.4 is 11.1 Å². The fourth-order valence-corrected chi connectivity index (χ4v) is 4.36. The summed E-state index contributed by atoms with van der Waals surface area (Å²) < 4.78 is 5.06. The molecule has 0 bridgehead atoms. The zero-order valence-electron chi connectivity index (χ0n) is 14.9. The van der Waals surface area contributed by atoms with E-state index in [0.717, 1.165) is 5.56 Å². The maximum absolute atomic E-state index is 12.6. The SMILES string of the molecule is C=CC1=C(C(=O)OC(C)N)N2C(=O)C(NC(=O)Cc3ccccc3)[C@H]2SC1. The molecule has 2 aliphatic rings. The van der Waals surface area contributed by atoms with Crippen molar-refractivity contribution in [3.8, 4) is 0 Å². The van der Waals surface area contributed by atoms with Crippen molar-refractivity contribution in [1.29, 1.82) is 0 Å². The zero-order chi connectivity index (χ0) is 19.6. The smallest absolute Gasteiger partial charge is 0.356 e. The van der Waals surface area contributed by atoms with Crippen molar-refractivity contribution in [2.45, 2.75) is 31.0 Å². The third kappa shape index (κ3) is 3.91. The Morgan fingerprint density at radius 3 is 2.78 bits per heavy atom. The van der Waals surface area contributed by atoms with Crippen molar-refractivity contribution >= 4 is 29.5 Å². The van der Waals surface area contributed by atoms with Crippen LogP contribution in [0.25, 0.3) is 0 Å². The lowest BCUT2D eigenvalue weighted by Gasteiger charge is -2.49. The number of esters is 1. The van der Waals surface area contributed by atoms with E-state index in [1.807, 2.05) is 30.3 Å². The van der Waals surface area contributed by atoms with Crippen LogP contribution in [0.2, 0.25) is 0 Å². The van der Waals surface area contributed by atoms with Gasteiger partial charge in [-0.05, 0) is 18.1 Å². The summed E-state index contributed by atoms with van der Waals surface area (Å²) in [5, 5.41) is 2.42. The lowest BCUT2D eigenvalue weighted by molar-refractivity contribution is -0.154. The Morgan fingerprint density at radius 2 is 2.15 bits per heavy atom. The number of nitrogens with zero attached hydrogens (tertiary/aromatic N) is 1. The number of carbonyl (C=O) groups excluding carboxylic acids is 3. The van der Waals surface area contributed by atoms with E-state index >= 15 is 0 Å². The summed E-state index contributed by atoms with van der Waals surface area (Å²) >= 11 is 1.47. The first-order valence-electron chi connectivity index (χ1n) is 8.52. The molecule has 0 spiro atoms. The first-order chi connectivity index (χ1) is 12.9. The molecular formula is C19H21N3O4S. The van der Waals surface area contributed by atoms with Crippen molar-refractivity contribution < 1.29 is 19.1 Å². The van der Waals surface area contributed by atoms with Crippen molar-refractivity contribution in [3.63, 3.8) is 0 Å². The van der Waals surface area contributed by atoms with Gasteiger partial charge in [-0.1, -0.05) is 43.0 Å². The first-order valence-corrected chi connectivity index (χ1v) is 9.57. The topological polar surface area (TPSA) is 102 Å². The van der Waals surface area contributed by atoms with Crippen LogP contribution in [0.4, 0.5) is 0 Å². The van der Waals surface area contributed by atoms with Gasteiger partial charge in [0.25, 0.3) is 5.91 Å².